The molecule has 186 valence electrons. The van der Waals surface area contributed by atoms with Gasteiger partial charge in [0, 0.05) is 31.5 Å². The van der Waals surface area contributed by atoms with Gasteiger partial charge < -0.3 is 19.9 Å². The fourth-order valence-electron chi connectivity index (χ4n) is 4.65. The minimum absolute atomic E-state index is 0.0824. The third-order valence-electron chi connectivity index (χ3n) is 6.29. The molecule has 0 aromatic heterocycles. The molecular formula is C19H25F3N2O7S2. The third kappa shape index (κ3) is 4.48. The number of benzene rings is 1. The van der Waals surface area contributed by atoms with Gasteiger partial charge in [-0.2, -0.15) is 17.5 Å². The van der Waals surface area contributed by atoms with Crippen LogP contribution in [0.3, 0.4) is 0 Å². The predicted molar refractivity (Wildman–Crippen MR) is 110 cm³/mol. The van der Waals surface area contributed by atoms with Crippen LogP contribution in [0.25, 0.3) is 0 Å². The van der Waals surface area contributed by atoms with Gasteiger partial charge in [0.1, 0.15) is 4.90 Å². The molecule has 3 aliphatic rings. The Morgan fingerprint density at radius 3 is 2.48 bits per heavy atom. The standard InChI is InChI=1S/C19H25F3N2O7S2/c20-19(21,22)32(26,27)17-10-15(33(28,29)24-7-1-2-14(24)12-25)3-4-16(17)23-13-5-6-18(11-13)30-8-9-31-18/h3-4,10,13-14,23,25H,1-2,5-9,11-12H2. The van der Waals surface area contributed by atoms with E-state index < -0.39 is 59.6 Å². The molecule has 3 fully saturated rings. The number of halogens is 3. The Morgan fingerprint density at radius 2 is 1.85 bits per heavy atom. The number of sulfone groups is 1. The maximum atomic E-state index is 13.5. The predicted octanol–water partition coefficient (Wildman–Crippen LogP) is 1.83. The van der Waals surface area contributed by atoms with Crippen molar-refractivity contribution in [3.8, 4) is 0 Å². The molecule has 1 aliphatic carbocycles. The molecule has 33 heavy (non-hydrogen) atoms. The first-order chi connectivity index (χ1) is 15.4. The molecule has 0 bridgehead atoms. The molecule has 0 radical (unpaired) electrons. The number of sulfonamides is 1. The minimum Gasteiger partial charge on any atom is -0.395 e. The zero-order chi connectivity index (χ0) is 24.1. The van der Waals surface area contributed by atoms with Crippen LogP contribution in [0.4, 0.5) is 18.9 Å². The highest BCUT2D eigenvalue weighted by atomic mass is 32.2. The monoisotopic (exact) mass is 514 g/mol. The van der Waals surface area contributed by atoms with E-state index in [2.05, 4.69) is 5.32 Å². The topological polar surface area (TPSA) is 122 Å². The quantitative estimate of drug-likeness (QED) is 0.590. The Balaban J connectivity index is 1.70. The molecule has 1 aromatic carbocycles. The Hall–Kier alpha value is -1.45. The van der Waals surface area contributed by atoms with E-state index in [9.17, 15) is 35.1 Å². The van der Waals surface area contributed by atoms with Crippen molar-refractivity contribution in [2.24, 2.45) is 0 Å². The maximum Gasteiger partial charge on any atom is 0.501 e. The van der Waals surface area contributed by atoms with E-state index in [-0.39, 0.29) is 12.2 Å². The van der Waals surface area contributed by atoms with Gasteiger partial charge in [-0.3, -0.25) is 0 Å². The third-order valence-corrected chi connectivity index (χ3v) is 9.77. The van der Waals surface area contributed by atoms with E-state index in [4.69, 9.17) is 9.47 Å². The molecule has 2 atom stereocenters. The number of hydrogen-bond acceptors (Lipinski definition) is 8. The molecule has 2 N–H and O–H groups in total. The van der Waals surface area contributed by atoms with Crippen LogP contribution in [0, 0.1) is 0 Å². The number of ether oxygens (including phenoxy) is 2. The smallest absolute Gasteiger partial charge is 0.395 e. The average Bonchev–Trinajstić information content (AvgIpc) is 3.49. The first-order valence-corrected chi connectivity index (χ1v) is 13.4. The van der Waals surface area contributed by atoms with Crippen molar-refractivity contribution >= 4 is 25.5 Å². The lowest BCUT2D eigenvalue weighted by Gasteiger charge is -2.24. The summed E-state index contributed by atoms with van der Waals surface area (Å²) in [7, 11) is -10.2. The Labute approximate surface area is 189 Å². The van der Waals surface area contributed by atoms with Crippen molar-refractivity contribution in [1.29, 1.82) is 0 Å². The van der Waals surface area contributed by atoms with Gasteiger partial charge in [0.25, 0.3) is 9.84 Å². The summed E-state index contributed by atoms with van der Waals surface area (Å²) in [5.41, 5.74) is -5.96. The number of aliphatic hydroxyl groups is 1. The molecule has 9 nitrogen and oxygen atoms in total. The van der Waals surface area contributed by atoms with Crippen molar-refractivity contribution in [2.75, 3.05) is 31.7 Å². The van der Waals surface area contributed by atoms with Crippen molar-refractivity contribution in [3.63, 3.8) is 0 Å². The molecule has 14 heteroatoms. The highest BCUT2D eigenvalue weighted by Gasteiger charge is 2.49. The number of rotatable bonds is 6. The molecule has 4 rings (SSSR count). The lowest BCUT2D eigenvalue weighted by Crippen LogP contribution is -2.37. The zero-order valence-corrected chi connectivity index (χ0v) is 19.2. The van der Waals surface area contributed by atoms with Crippen LogP contribution in [0.15, 0.2) is 28.0 Å². The first kappa shape index (κ1) is 24.7. The van der Waals surface area contributed by atoms with Crippen LogP contribution < -0.4 is 5.32 Å². The molecular weight excluding hydrogens is 489 g/mol. The molecule has 2 heterocycles. The zero-order valence-electron chi connectivity index (χ0n) is 17.5. The van der Waals surface area contributed by atoms with E-state index in [1.165, 1.54) is 0 Å². The van der Waals surface area contributed by atoms with E-state index in [1.54, 1.807) is 0 Å². The van der Waals surface area contributed by atoms with Crippen molar-refractivity contribution < 1.29 is 44.6 Å². The average molecular weight is 515 g/mol. The summed E-state index contributed by atoms with van der Waals surface area (Å²) in [5, 5.41) is 12.3. The van der Waals surface area contributed by atoms with E-state index in [1.807, 2.05) is 0 Å². The number of alkyl halides is 3. The summed E-state index contributed by atoms with van der Waals surface area (Å²) >= 11 is 0. The molecule has 2 saturated heterocycles. The summed E-state index contributed by atoms with van der Waals surface area (Å²) in [4.78, 5) is -1.74. The summed E-state index contributed by atoms with van der Waals surface area (Å²) < 4.78 is 103. The van der Waals surface area contributed by atoms with Gasteiger partial charge in [0.15, 0.2) is 5.79 Å². The molecule has 2 aliphatic heterocycles. The first-order valence-electron chi connectivity index (χ1n) is 10.5. The van der Waals surface area contributed by atoms with Crippen molar-refractivity contribution in [2.45, 2.75) is 65.3 Å². The van der Waals surface area contributed by atoms with E-state index >= 15 is 0 Å². The van der Waals surface area contributed by atoms with E-state index in [0.29, 0.717) is 51.4 Å². The second kappa shape index (κ2) is 8.64. The number of anilines is 1. The number of hydrogen-bond donors (Lipinski definition) is 2. The summed E-state index contributed by atoms with van der Waals surface area (Å²) in [6.45, 7) is 0.440. The normalized spacial score (nSPS) is 26.3. The molecule has 2 unspecified atom stereocenters. The van der Waals surface area contributed by atoms with Gasteiger partial charge in [-0.25, -0.2) is 16.8 Å². The molecule has 1 aromatic rings. The SMILES string of the molecule is O=S(=O)(c1ccc(NC2CCC3(C2)OCCO3)c(S(=O)(=O)C(F)(F)F)c1)N1CCCC1CO. The van der Waals surface area contributed by atoms with E-state index in [0.717, 1.165) is 16.4 Å². The van der Waals surface area contributed by atoms with Crippen LogP contribution in [-0.2, 0) is 29.3 Å². The van der Waals surface area contributed by atoms with Gasteiger partial charge in [0.05, 0.1) is 30.4 Å². The lowest BCUT2D eigenvalue weighted by molar-refractivity contribution is -0.150. The Bertz CT molecular complexity index is 1100. The molecule has 0 amide bonds. The van der Waals surface area contributed by atoms with Crippen LogP contribution in [0.5, 0.6) is 0 Å². The Morgan fingerprint density at radius 1 is 1.15 bits per heavy atom. The summed E-state index contributed by atoms with van der Waals surface area (Å²) in [5.74, 6) is -0.834. The van der Waals surface area contributed by atoms with Crippen LogP contribution in [0.2, 0.25) is 0 Å². The van der Waals surface area contributed by atoms with Crippen LogP contribution in [0.1, 0.15) is 32.1 Å². The van der Waals surface area contributed by atoms with Gasteiger partial charge in [-0.05, 0) is 37.5 Å². The number of aliphatic hydroxyl groups excluding tert-OH is 1. The van der Waals surface area contributed by atoms with Gasteiger partial charge in [-0.15, -0.1) is 0 Å². The van der Waals surface area contributed by atoms with Crippen molar-refractivity contribution in [1.82, 2.24) is 4.31 Å². The molecule has 1 saturated carbocycles. The number of nitrogens with zero attached hydrogens (tertiary/aromatic N) is 1. The maximum absolute atomic E-state index is 13.5. The van der Waals surface area contributed by atoms with Gasteiger partial charge in [0.2, 0.25) is 10.0 Å². The highest BCUT2D eigenvalue weighted by Crippen LogP contribution is 2.41. The minimum atomic E-state index is -5.86. The summed E-state index contributed by atoms with van der Waals surface area (Å²) in [6.07, 6.45) is 2.15. The largest absolute Gasteiger partial charge is 0.501 e. The van der Waals surface area contributed by atoms with Gasteiger partial charge in [-0.1, -0.05) is 0 Å². The lowest BCUT2D eigenvalue weighted by atomic mass is 10.2. The highest BCUT2D eigenvalue weighted by molar-refractivity contribution is 7.92. The second-order valence-electron chi connectivity index (χ2n) is 8.39. The van der Waals surface area contributed by atoms with Crippen LogP contribution in [-0.4, -0.2) is 76.0 Å². The fraction of sp³-hybridized carbons (Fsp3) is 0.684. The molecule has 1 spiro atoms. The summed E-state index contributed by atoms with van der Waals surface area (Å²) in [6, 6.07) is 1.52. The fourth-order valence-corrected chi connectivity index (χ4v) is 7.38. The van der Waals surface area contributed by atoms with Crippen LogP contribution >= 0.6 is 0 Å². The Kier molecular flexibility index (Phi) is 6.46. The van der Waals surface area contributed by atoms with Crippen molar-refractivity contribution in [3.05, 3.63) is 18.2 Å². The van der Waals surface area contributed by atoms with Gasteiger partial charge >= 0.3 is 5.51 Å². The number of nitrogens with one attached hydrogen (secondary N) is 1. The second-order valence-corrected chi connectivity index (χ2v) is 12.2.